The molecule has 0 aliphatic heterocycles. The number of methoxy groups -OCH3 is 2. The number of alkyl carbamates (subject to hydrolysis) is 1. The number of carbonyl (C=O) groups excluding carboxylic acids is 1. The molecule has 1 aromatic rings. The summed E-state index contributed by atoms with van der Waals surface area (Å²) in [6.45, 7) is 6.64. The molecule has 0 radical (unpaired) electrons. The van der Waals surface area contributed by atoms with Crippen LogP contribution in [0.2, 0.25) is 0 Å². The Bertz CT molecular complexity index is 618. The third kappa shape index (κ3) is 10.1. The van der Waals surface area contributed by atoms with Crippen LogP contribution < -0.4 is 25.4 Å². The molecule has 0 atom stereocenters. The zero-order chi connectivity index (χ0) is 19.6. The van der Waals surface area contributed by atoms with E-state index in [1.165, 1.54) is 0 Å². The van der Waals surface area contributed by atoms with Crippen molar-refractivity contribution in [1.82, 2.24) is 10.6 Å². The second-order valence-electron chi connectivity index (χ2n) is 6.48. The molecule has 3 N–H and O–H groups in total. The topological polar surface area (TPSA) is 93.2 Å². The van der Waals surface area contributed by atoms with Gasteiger partial charge < -0.3 is 30.2 Å². The Morgan fingerprint density at radius 3 is 2.26 bits per heavy atom. The van der Waals surface area contributed by atoms with Gasteiger partial charge in [0.2, 0.25) is 0 Å². The van der Waals surface area contributed by atoms with Gasteiger partial charge in [0.1, 0.15) is 5.60 Å². The Kier molecular flexibility index (Phi) is 11.6. The number of anilines is 1. The maximum absolute atomic E-state index is 11.6. The van der Waals surface area contributed by atoms with E-state index in [0.717, 1.165) is 12.1 Å². The molecular weight excluding hydrogens is 463 g/mol. The van der Waals surface area contributed by atoms with Crippen molar-refractivity contribution in [3.05, 3.63) is 18.2 Å². The molecule has 154 valence electrons. The van der Waals surface area contributed by atoms with Crippen LogP contribution in [0.25, 0.3) is 0 Å². The third-order valence-electron chi connectivity index (χ3n) is 3.18. The van der Waals surface area contributed by atoms with Crippen molar-refractivity contribution in [1.29, 1.82) is 0 Å². The lowest BCUT2D eigenvalue weighted by atomic mass is 10.2. The molecule has 1 aromatic carbocycles. The number of benzene rings is 1. The monoisotopic (exact) mass is 494 g/mol. The summed E-state index contributed by atoms with van der Waals surface area (Å²) in [7, 11) is 4.87. The van der Waals surface area contributed by atoms with Crippen molar-refractivity contribution >= 4 is 41.7 Å². The smallest absolute Gasteiger partial charge is 0.407 e. The lowest BCUT2D eigenvalue weighted by molar-refractivity contribution is 0.0527. The zero-order valence-corrected chi connectivity index (χ0v) is 19.2. The SMILES string of the molecule is CN=C(NCCCNC(=O)OC(C)(C)C)Nc1ccc(OC)c(OC)c1.I. The molecule has 9 heteroatoms. The van der Waals surface area contributed by atoms with Gasteiger partial charge in [-0.05, 0) is 39.3 Å². The summed E-state index contributed by atoms with van der Waals surface area (Å²) in [6, 6.07) is 5.52. The molecule has 0 aliphatic carbocycles. The highest BCUT2D eigenvalue weighted by molar-refractivity contribution is 14.0. The zero-order valence-electron chi connectivity index (χ0n) is 16.8. The molecule has 0 bridgehead atoms. The van der Waals surface area contributed by atoms with Crippen LogP contribution in [0.3, 0.4) is 0 Å². The van der Waals surface area contributed by atoms with Crippen LogP contribution in [-0.2, 0) is 4.74 Å². The maximum atomic E-state index is 11.6. The number of aliphatic imine (C=N–C) groups is 1. The van der Waals surface area contributed by atoms with Gasteiger partial charge in [0.05, 0.1) is 14.2 Å². The first-order valence-electron chi connectivity index (χ1n) is 8.45. The van der Waals surface area contributed by atoms with E-state index < -0.39 is 11.7 Å². The fourth-order valence-electron chi connectivity index (χ4n) is 2.03. The van der Waals surface area contributed by atoms with Crippen LogP contribution in [0, 0.1) is 0 Å². The molecule has 0 fully saturated rings. The average molecular weight is 494 g/mol. The minimum Gasteiger partial charge on any atom is -0.493 e. The normalized spacial score (nSPS) is 11.1. The minimum atomic E-state index is -0.492. The molecule has 0 spiro atoms. The molecule has 8 nitrogen and oxygen atoms in total. The van der Waals surface area contributed by atoms with Gasteiger partial charge in [0.25, 0.3) is 0 Å². The Hall–Kier alpha value is -1.91. The lowest BCUT2D eigenvalue weighted by Gasteiger charge is -2.19. The van der Waals surface area contributed by atoms with Gasteiger partial charge in [-0.15, -0.1) is 24.0 Å². The van der Waals surface area contributed by atoms with Crippen LogP contribution in [-0.4, -0.2) is 52.0 Å². The van der Waals surface area contributed by atoms with Gasteiger partial charge in [0.15, 0.2) is 17.5 Å². The molecule has 0 saturated heterocycles. The number of halogens is 1. The van der Waals surface area contributed by atoms with Crippen molar-refractivity contribution in [3.63, 3.8) is 0 Å². The summed E-state index contributed by atoms with van der Waals surface area (Å²) >= 11 is 0. The van der Waals surface area contributed by atoms with Crippen molar-refractivity contribution in [2.45, 2.75) is 32.8 Å². The molecule has 0 aromatic heterocycles. The third-order valence-corrected chi connectivity index (χ3v) is 3.18. The number of rotatable bonds is 7. The molecule has 1 rings (SSSR count). The first kappa shape index (κ1) is 25.1. The summed E-state index contributed by atoms with van der Waals surface area (Å²) < 4.78 is 15.7. The standard InChI is InChI=1S/C18H30N4O4.HI/c1-18(2,3)26-17(23)21-11-7-10-20-16(19-4)22-13-8-9-14(24-5)15(12-13)25-6;/h8-9,12H,7,10-11H2,1-6H3,(H,21,23)(H2,19,20,22);1H. The van der Waals surface area contributed by atoms with E-state index in [1.54, 1.807) is 21.3 Å². The molecule has 0 aliphatic rings. The number of guanidine groups is 1. The maximum Gasteiger partial charge on any atom is 0.407 e. The highest BCUT2D eigenvalue weighted by atomic mass is 127. The summed E-state index contributed by atoms with van der Waals surface area (Å²) in [5, 5.41) is 9.07. The molecule has 0 unspecified atom stereocenters. The highest BCUT2D eigenvalue weighted by Crippen LogP contribution is 2.29. The molecule has 27 heavy (non-hydrogen) atoms. The van der Waals surface area contributed by atoms with Gasteiger partial charge in [0, 0.05) is 31.9 Å². The van der Waals surface area contributed by atoms with E-state index in [-0.39, 0.29) is 24.0 Å². The van der Waals surface area contributed by atoms with Crippen molar-refractivity contribution < 1.29 is 19.0 Å². The number of nitrogens with one attached hydrogen (secondary N) is 3. The average Bonchev–Trinajstić information content (AvgIpc) is 2.58. The quantitative estimate of drug-likeness (QED) is 0.233. The molecule has 0 heterocycles. The van der Waals surface area contributed by atoms with Crippen LogP contribution in [0.1, 0.15) is 27.2 Å². The van der Waals surface area contributed by atoms with E-state index in [1.807, 2.05) is 39.0 Å². The highest BCUT2D eigenvalue weighted by Gasteiger charge is 2.15. The Balaban J connectivity index is 0.00000676. The number of hydrogen-bond acceptors (Lipinski definition) is 5. The first-order valence-corrected chi connectivity index (χ1v) is 8.45. The number of amides is 1. The van der Waals surface area contributed by atoms with Crippen LogP contribution >= 0.6 is 24.0 Å². The number of ether oxygens (including phenoxy) is 3. The molecule has 1 amide bonds. The molecular formula is C18H31IN4O4. The summed E-state index contributed by atoms with van der Waals surface area (Å²) in [5.74, 6) is 1.92. The van der Waals surface area contributed by atoms with E-state index >= 15 is 0 Å². The summed E-state index contributed by atoms with van der Waals surface area (Å²) in [5.41, 5.74) is 0.330. The van der Waals surface area contributed by atoms with Gasteiger partial charge >= 0.3 is 6.09 Å². The lowest BCUT2D eigenvalue weighted by Crippen LogP contribution is -2.35. The summed E-state index contributed by atoms with van der Waals surface area (Å²) in [4.78, 5) is 15.7. The van der Waals surface area contributed by atoms with Gasteiger partial charge in [-0.25, -0.2) is 4.79 Å². The number of carbonyl (C=O) groups is 1. The largest absolute Gasteiger partial charge is 0.493 e. The first-order chi connectivity index (χ1) is 12.3. The van der Waals surface area contributed by atoms with Crippen LogP contribution in [0.4, 0.5) is 10.5 Å². The fourth-order valence-corrected chi connectivity index (χ4v) is 2.03. The van der Waals surface area contributed by atoms with Crippen LogP contribution in [0.5, 0.6) is 11.5 Å². The van der Waals surface area contributed by atoms with Crippen molar-refractivity contribution in [2.24, 2.45) is 4.99 Å². The van der Waals surface area contributed by atoms with Crippen molar-refractivity contribution in [2.75, 3.05) is 39.7 Å². The van der Waals surface area contributed by atoms with Crippen molar-refractivity contribution in [3.8, 4) is 11.5 Å². The van der Waals surface area contributed by atoms with Gasteiger partial charge in [-0.2, -0.15) is 0 Å². The van der Waals surface area contributed by atoms with E-state index in [9.17, 15) is 4.79 Å². The second-order valence-corrected chi connectivity index (χ2v) is 6.48. The Morgan fingerprint density at radius 2 is 1.70 bits per heavy atom. The minimum absolute atomic E-state index is 0. The number of nitrogens with zero attached hydrogens (tertiary/aromatic N) is 1. The Morgan fingerprint density at radius 1 is 1.07 bits per heavy atom. The molecule has 0 saturated carbocycles. The fraction of sp³-hybridized carbons (Fsp3) is 0.556. The predicted molar refractivity (Wildman–Crippen MR) is 119 cm³/mol. The van der Waals surface area contributed by atoms with Crippen LogP contribution in [0.15, 0.2) is 23.2 Å². The Labute approximate surface area is 178 Å². The van der Waals surface area contributed by atoms with Gasteiger partial charge in [-0.3, -0.25) is 4.99 Å². The van der Waals surface area contributed by atoms with Gasteiger partial charge in [-0.1, -0.05) is 0 Å². The van der Waals surface area contributed by atoms with E-state index in [0.29, 0.717) is 30.5 Å². The summed E-state index contributed by atoms with van der Waals surface area (Å²) in [6.07, 6.45) is 0.316. The number of hydrogen-bond donors (Lipinski definition) is 3. The van der Waals surface area contributed by atoms with E-state index in [2.05, 4.69) is 20.9 Å². The second kappa shape index (κ2) is 12.5. The van der Waals surface area contributed by atoms with E-state index in [4.69, 9.17) is 14.2 Å². The predicted octanol–water partition coefficient (Wildman–Crippen LogP) is 3.22.